The zero-order valence-electron chi connectivity index (χ0n) is 14.1. The number of hydrogen-bond donors (Lipinski definition) is 1. The van der Waals surface area contributed by atoms with Crippen LogP contribution in [0.25, 0.3) is 0 Å². The first-order chi connectivity index (χ1) is 11.4. The van der Waals surface area contributed by atoms with Crippen molar-refractivity contribution in [2.24, 2.45) is 5.92 Å². The summed E-state index contributed by atoms with van der Waals surface area (Å²) in [4.78, 5) is 14.5. The van der Waals surface area contributed by atoms with Gasteiger partial charge in [0.2, 0.25) is 15.9 Å². The number of aryl methyl sites for hydroxylation is 2. The zero-order chi connectivity index (χ0) is 17.3. The van der Waals surface area contributed by atoms with Crippen molar-refractivity contribution >= 4 is 15.9 Å². The van der Waals surface area contributed by atoms with Gasteiger partial charge in [0, 0.05) is 32.8 Å². The molecule has 1 N–H and O–H groups in total. The number of ether oxygens (including phenoxy) is 1. The van der Waals surface area contributed by atoms with Crippen molar-refractivity contribution in [3.05, 3.63) is 11.4 Å². The van der Waals surface area contributed by atoms with Gasteiger partial charge in [0.1, 0.15) is 4.90 Å². The minimum absolute atomic E-state index is 0.0773. The third kappa shape index (κ3) is 3.20. The standard InChI is InChI=1S/C15H24N4O4S/c1-11-14(12(2)17-16-11)24(21,22)19-6-3-5-18(7-8-19)15(20)13-4-9-23-10-13/h13H,3-10H2,1-2H3,(H,16,17). The number of rotatable bonds is 3. The van der Waals surface area contributed by atoms with Crippen LogP contribution in [0, 0.1) is 19.8 Å². The Morgan fingerprint density at radius 3 is 2.67 bits per heavy atom. The molecule has 1 aromatic heterocycles. The molecule has 1 unspecified atom stereocenters. The van der Waals surface area contributed by atoms with E-state index < -0.39 is 10.0 Å². The Labute approximate surface area is 142 Å². The highest BCUT2D eigenvalue weighted by atomic mass is 32.2. The molecule has 3 rings (SSSR count). The van der Waals surface area contributed by atoms with Gasteiger partial charge in [-0.05, 0) is 26.7 Å². The van der Waals surface area contributed by atoms with Gasteiger partial charge in [-0.3, -0.25) is 9.89 Å². The van der Waals surface area contributed by atoms with Crippen molar-refractivity contribution in [3.8, 4) is 0 Å². The SMILES string of the molecule is Cc1n[nH]c(C)c1S(=O)(=O)N1CCCN(C(=O)C2CCOC2)CC1. The van der Waals surface area contributed by atoms with Crippen LogP contribution in [0.4, 0.5) is 0 Å². The van der Waals surface area contributed by atoms with Gasteiger partial charge in [0.25, 0.3) is 0 Å². The first-order valence-corrected chi connectivity index (χ1v) is 9.73. The highest BCUT2D eigenvalue weighted by Gasteiger charge is 2.34. The lowest BCUT2D eigenvalue weighted by Gasteiger charge is -2.24. The van der Waals surface area contributed by atoms with Gasteiger partial charge >= 0.3 is 0 Å². The summed E-state index contributed by atoms with van der Waals surface area (Å²) in [5, 5.41) is 6.71. The molecule has 24 heavy (non-hydrogen) atoms. The fourth-order valence-corrected chi connectivity index (χ4v) is 5.19. The molecular formula is C15H24N4O4S. The summed E-state index contributed by atoms with van der Waals surface area (Å²) in [5.41, 5.74) is 1.03. The van der Waals surface area contributed by atoms with Crippen LogP contribution in [0.15, 0.2) is 4.90 Å². The fourth-order valence-electron chi connectivity index (χ4n) is 3.39. The summed E-state index contributed by atoms with van der Waals surface area (Å²) >= 11 is 0. The summed E-state index contributed by atoms with van der Waals surface area (Å²) in [7, 11) is -3.59. The second-order valence-electron chi connectivity index (χ2n) is 6.41. The van der Waals surface area contributed by atoms with Crippen LogP contribution in [0.2, 0.25) is 0 Å². The maximum Gasteiger partial charge on any atom is 0.246 e. The molecule has 1 atom stereocenters. The van der Waals surface area contributed by atoms with Crippen LogP contribution in [0.3, 0.4) is 0 Å². The maximum absolute atomic E-state index is 12.9. The van der Waals surface area contributed by atoms with E-state index >= 15 is 0 Å². The minimum atomic E-state index is -3.59. The van der Waals surface area contributed by atoms with Crippen LogP contribution in [-0.4, -0.2) is 73.1 Å². The summed E-state index contributed by atoms with van der Waals surface area (Å²) < 4.78 is 32.6. The lowest BCUT2D eigenvalue weighted by atomic mass is 10.1. The molecule has 0 aromatic carbocycles. The van der Waals surface area contributed by atoms with Gasteiger partial charge in [-0.15, -0.1) is 0 Å². The largest absolute Gasteiger partial charge is 0.381 e. The Morgan fingerprint density at radius 2 is 2.04 bits per heavy atom. The third-order valence-electron chi connectivity index (χ3n) is 4.70. The predicted molar refractivity (Wildman–Crippen MR) is 86.9 cm³/mol. The number of hydrogen-bond acceptors (Lipinski definition) is 5. The fraction of sp³-hybridized carbons (Fsp3) is 0.733. The number of carbonyl (C=O) groups excluding carboxylic acids is 1. The van der Waals surface area contributed by atoms with Crippen LogP contribution >= 0.6 is 0 Å². The van der Waals surface area contributed by atoms with Crippen LogP contribution in [0.5, 0.6) is 0 Å². The lowest BCUT2D eigenvalue weighted by molar-refractivity contribution is -0.135. The Bertz CT molecular complexity index is 690. The second-order valence-corrected chi connectivity index (χ2v) is 8.28. The molecule has 2 fully saturated rings. The molecule has 2 aliphatic rings. The molecule has 134 valence electrons. The summed E-state index contributed by atoms with van der Waals surface area (Å²) in [6.07, 6.45) is 1.39. The quantitative estimate of drug-likeness (QED) is 0.840. The van der Waals surface area contributed by atoms with E-state index in [4.69, 9.17) is 4.74 Å². The minimum Gasteiger partial charge on any atom is -0.381 e. The average molecular weight is 356 g/mol. The monoisotopic (exact) mass is 356 g/mol. The Morgan fingerprint density at radius 1 is 1.25 bits per heavy atom. The van der Waals surface area contributed by atoms with Crippen molar-refractivity contribution < 1.29 is 17.9 Å². The van der Waals surface area contributed by atoms with E-state index in [1.165, 1.54) is 4.31 Å². The molecule has 9 heteroatoms. The highest BCUT2D eigenvalue weighted by Crippen LogP contribution is 2.23. The smallest absolute Gasteiger partial charge is 0.246 e. The Balaban J connectivity index is 1.72. The number of H-pyrrole nitrogens is 1. The highest BCUT2D eigenvalue weighted by molar-refractivity contribution is 7.89. The Kier molecular flexibility index (Phi) is 4.93. The molecule has 2 aliphatic heterocycles. The molecular weight excluding hydrogens is 332 g/mol. The van der Waals surface area contributed by atoms with Gasteiger partial charge in [-0.2, -0.15) is 9.40 Å². The van der Waals surface area contributed by atoms with Crippen molar-refractivity contribution in [3.63, 3.8) is 0 Å². The van der Waals surface area contributed by atoms with Crippen molar-refractivity contribution in [2.75, 3.05) is 39.4 Å². The lowest BCUT2D eigenvalue weighted by Crippen LogP contribution is -2.40. The molecule has 3 heterocycles. The van der Waals surface area contributed by atoms with E-state index in [2.05, 4.69) is 10.2 Å². The first-order valence-electron chi connectivity index (χ1n) is 8.29. The van der Waals surface area contributed by atoms with Crippen molar-refractivity contribution in [1.29, 1.82) is 0 Å². The molecule has 0 bridgehead atoms. The number of aromatic nitrogens is 2. The summed E-state index contributed by atoms with van der Waals surface area (Å²) in [6, 6.07) is 0. The molecule has 0 spiro atoms. The molecule has 0 aliphatic carbocycles. The zero-order valence-corrected chi connectivity index (χ0v) is 14.9. The van der Waals surface area contributed by atoms with Gasteiger partial charge < -0.3 is 9.64 Å². The van der Waals surface area contributed by atoms with E-state index in [0.29, 0.717) is 57.2 Å². The number of nitrogens with one attached hydrogen (secondary N) is 1. The normalized spacial score (nSPS) is 23.4. The summed E-state index contributed by atoms with van der Waals surface area (Å²) in [5.74, 6) is 0.00828. The number of aromatic amines is 1. The van der Waals surface area contributed by atoms with Gasteiger partial charge in [0.05, 0.1) is 23.9 Å². The molecule has 1 aromatic rings. The summed E-state index contributed by atoms with van der Waals surface area (Å²) in [6.45, 7) is 6.23. The third-order valence-corrected chi connectivity index (χ3v) is 6.87. The van der Waals surface area contributed by atoms with Crippen molar-refractivity contribution in [2.45, 2.75) is 31.6 Å². The van der Waals surface area contributed by atoms with Crippen LogP contribution in [0.1, 0.15) is 24.2 Å². The molecule has 8 nitrogen and oxygen atoms in total. The maximum atomic E-state index is 12.9. The number of carbonyl (C=O) groups is 1. The molecule has 2 saturated heterocycles. The van der Waals surface area contributed by atoms with Gasteiger partial charge in [-0.25, -0.2) is 8.42 Å². The van der Waals surface area contributed by atoms with E-state index in [1.54, 1.807) is 18.7 Å². The number of sulfonamides is 1. The molecule has 1 amide bonds. The topological polar surface area (TPSA) is 95.6 Å². The average Bonchev–Trinajstić information content (AvgIpc) is 3.10. The van der Waals surface area contributed by atoms with Crippen LogP contribution in [-0.2, 0) is 19.6 Å². The Hall–Kier alpha value is -1.45. The van der Waals surface area contributed by atoms with E-state index in [0.717, 1.165) is 6.42 Å². The van der Waals surface area contributed by atoms with Gasteiger partial charge in [-0.1, -0.05) is 0 Å². The number of nitrogens with zero attached hydrogens (tertiary/aromatic N) is 3. The van der Waals surface area contributed by atoms with E-state index in [-0.39, 0.29) is 16.7 Å². The second kappa shape index (κ2) is 6.81. The first kappa shape index (κ1) is 17.4. The van der Waals surface area contributed by atoms with Gasteiger partial charge in [0.15, 0.2) is 0 Å². The predicted octanol–water partition coefficient (Wildman–Crippen LogP) is 0.286. The van der Waals surface area contributed by atoms with E-state index in [1.807, 2.05) is 0 Å². The van der Waals surface area contributed by atoms with E-state index in [9.17, 15) is 13.2 Å². The molecule has 0 saturated carbocycles. The van der Waals surface area contributed by atoms with Crippen LogP contribution < -0.4 is 0 Å². The van der Waals surface area contributed by atoms with Crippen molar-refractivity contribution in [1.82, 2.24) is 19.4 Å². The molecule has 0 radical (unpaired) electrons. The number of amides is 1.